The van der Waals surface area contributed by atoms with Crippen molar-refractivity contribution >= 4 is 11.3 Å². The smallest absolute Gasteiger partial charge is 0.0448 e. The van der Waals surface area contributed by atoms with Crippen LogP contribution in [0.25, 0.3) is 0 Å². The van der Waals surface area contributed by atoms with Gasteiger partial charge in [-0.15, -0.1) is 11.3 Å². The van der Waals surface area contributed by atoms with E-state index >= 15 is 0 Å². The van der Waals surface area contributed by atoms with Gasteiger partial charge in [0, 0.05) is 10.9 Å². The van der Waals surface area contributed by atoms with Crippen molar-refractivity contribution in [2.45, 2.75) is 46.1 Å². The van der Waals surface area contributed by atoms with Crippen molar-refractivity contribution < 1.29 is 0 Å². The standard InChI is InChI=1S/C14H23NS/c1-4-15-13(12-8-6-10-16-12)11-7-5-9-14(11,2)3/h6,8,10-11,13,15H,4-5,7,9H2,1-3H3. The minimum atomic E-state index is 0.497. The van der Waals surface area contributed by atoms with Gasteiger partial charge >= 0.3 is 0 Å². The largest absolute Gasteiger partial charge is 0.309 e. The molecule has 1 aliphatic rings. The average Bonchev–Trinajstić information content (AvgIpc) is 2.84. The highest BCUT2D eigenvalue weighted by Crippen LogP contribution is 2.49. The number of hydrogen-bond donors (Lipinski definition) is 1. The fourth-order valence-electron chi connectivity index (χ4n) is 3.10. The Morgan fingerprint density at radius 3 is 2.88 bits per heavy atom. The van der Waals surface area contributed by atoms with Crippen LogP contribution in [0.3, 0.4) is 0 Å². The molecule has 2 heteroatoms. The molecule has 0 radical (unpaired) electrons. The second-order valence-electron chi connectivity index (χ2n) is 5.54. The summed E-state index contributed by atoms with van der Waals surface area (Å²) in [6.45, 7) is 8.14. The van der Waals surface area contributed by atoms with E-state index in [0.29, 0.717) is 11.5 Å². The molecule has 2 unspecified atom stereocenters. The zero-order valence-electron chi connectivity index (χ0n) is 10.6. The van der Waals surface area contributed by atoms with E-state index in [1.807, 2.05) is 11.3 Å². The van der Waals surface area contributed by atoms with Gasteiger partial charge in [0.2, 0.25) is 0 Å². The lowest BCUT2D eigenvalue weighted by atomic mass is 9.77. The van der Waals surface area contributed by atoms with Crippen LogP contribution in [0.1, 0.15) is 51.0 Å². The van der Waals surface area contributed by atoms with Gasteiger partial charge < -0.3 is 5.32 Å². The quantitative estimate of drug-likeness (QED) is 0.826. The van der Waals surface area contributed by atoms with Crippen LogP contribution >= 0.6 is 11.3 Å². The summed E-state index contributed by atoms with van der Waals surface area (Å²) in [5.41, 5.74) is 0.497. The summed E-state index contributed by atoms with van der Waals surface area (Å²) in [4.78, 5) is 1.52. The Hall–Kier alpha value is -0.340. The summed E-state index contributed by atoms with van der Waals surface area (Å²) >= 11 is 1.90. The SMILES string of the molecule is CCNC(c1cccs1)C1CCCC1(C)C. The molecule has 0 spiro atoms. The van der Waals surface area contributed by atoms with Crippen molar-refractivity contribution in [1.82, 2.24) is 5.32 Å². The van der Waals surface area contributed by atoms with Gasteiger partial charge in [0.1, 0.15) is 0 Å². The summed E-state index contributed by atoms with van der Waals surface area (Å²) in [6, 6.07) is 5.03. The third-order valence-corrected chi connectivity index (χ3v) is 4.97. The summed E-state index contributed by atoms with van der Waals surface area (Å²) < 4.78 is 0. The van der Waals surface area contributed by atoms with Gasteiger partial charge in [-0.1, -0.05) is 33.3 Å². The van der Waals surface area contributed by atoms with E-state index in [1.165, 1.54) is 24.1 Å². The van der Waals surface area contributed by atoms with Crippen LogP contribution in [0.15, 0.2) is 17.5 Å². The van der Waals surface area contributed by atoms with Crippen LogP contribution in [-0.2, 0) is 0 Å². The number of thiophene rings is 1. The molecule has 1 nitrogen and oxygen atoms in total. The molecular weight excluding hydrogens is 214 g/mol. The van der Waals surface area contributed by atoms with Crippen LogP contribution in [0.5, 0.6) is 0 Å². The summed E-state index contributed by atoms with van der Waals surface area (Å²) in [5, 5.41) is 5.89. The molecule has 0 bridgehead atoms. The molecule has 2 atom stereocenters. The van der Waals surface area contributed by atoms with Gasteiger partial charge in [-0.2, -0.15) is 0 Å². The summed E-state index contributed by atoms with van der Waals surface area (Å²) in [7, 11) is 0. The lowest BCUT2D eigenvalue weighted by molar-refractivity contribution is 0.201. The van der Waals surface area contributed by atoms with E-state index < -0.39 is 0 Å². The van der Waals surface area contributed by atoms with Crippen molar-refractivity contribution in [3.8, 4) is 0 Å². The summed E-state index contributed by atoms with van der Waals surface area (Å²) in [6.07, 6.45) is 4.15. The van der Waals surface area contributed by atoms with Crippen LogP contribution in [0, 0.1) is 11.3 Å². The third kappa shape index (κ3) is 2.33. The fraction of sp³-hybridized carbons (Fsp3) is 0.714. The Kier molecular flexibility index (Phi) is 3.70. The highest BCUT2D eigenvalue weighted by Gasteiger charge is 2.39. The molecule has 90 valence electrons. The maximum Gasteiger partial charge on any atom is 0.0448 e. The predicted molar refractivity (Wildman–Crippen MR) is 71.9 cm³/mol. The van der Waals surface area contributed by atoms with E-state index in [-0.39, 0.29) is 0 Å². The van der Waals surface area contributed by atoms with Crippen LogP contribution in [-0.4, -0.2) is 6.54 Å². The molecule has 1 N–H and O–H groups in total. The van der Waals surface area contributed by atoms with Gasteiger partial charge in [0.05, 0.1) is 0 Å². The third-order valence-electron chi connectivity index (χ3n) is 4.02. The Bertz CT molecular complexity index is 315. The Morgan fingerprint density at radius 2 is 2.38 bits per heavy atom. The Labute approximate surface area is 103 Å². The van der Waals surface area contributed by atoms with Crippen molar-refractivity contribution in [3.63, 3.8) is 0 Å². The van der Waals surface area contributed by atoms with E-state index in [9.17, 15) is 0 Å². The molecule has 0 amide bonds. The molecule has 1 heterocycles. The predicted octanol–water partition coefficient (Wildman–Crippen LogP) is 4.23. The molecule has 1 saturated carbocycles. The van der Waals surface area contributed by atoms with Gasteiger partial charge in [-0.25, -0.2) is 0 Å². The monoisotopic (exact) mass is 237 g/mol. The van der Waals surface area contributed by atoms with E-state index in [1.54, 1.807) is 0 Å². The minimum absolute atomic E-state index is 0.497. The van der Waals surface area contributed by atoms with Crippen LogP contribution < -0.4 is 5.32 Å². The van der Waals surface area contributed by atoms with E-state index in [4.69, 9.17) is 0 Å². The van der Waals surface area contributed by atoms with E-state index in [0.717, 1.165) is 12.5 Å². The first kappa shape index (κ1) is 12.1. The second-order valence-corrected chi connectivity index (χ2v) is 6.52. The molecule has 1 aromatic heterocycles. The molecule has 1 aliphatic carbocycles. The minimum Gasteiger partial charge on any atom is -0.309 e. The summed E-state index contributed by atoms with van der Waals surface area (Å²) in [5.74, 6) is 0.797. The zero-order chi connectivity index (χ0) is 11.6. The van der Waals surface area contributed by atoms with Crippen molar-refractivity contribution in [1.29, 1.82) is 0 Å². The first-order valence-corrected chi connectivity index (χ1v) is 7.30. The molecule has 0 aliphatic heterocycles. The number of rotatable bonds is 4. The lowest BCUT2D eigenvalue weighted by Crippen LogP contribution is -2.33. The van der Waals surface area contributed by atoms with Crippen LogP contribution in [0.4, 0.5) is 0 Å². The fourth-order valence-corrected chi connectivity index (χ4v) is 3.97. The van der Waals surface area contributed by atoms with Crippen molar-refractivity contribution in [3.05, 3.63) is 22.4 Å². The highest BCUT2D eigenvalue weighted by atomic mass is 32.1. The van der Waals surface area contributed by atoms with E-state index in [2.05, 4.69) is 43.6 Å². The Balaban J connectivity index is 2.19. The molecular formula is C14H23NS. The number of hydrogen-bond acceptors (Lipinski definition) is 2. The van der Waals surface area contributed by atoms with Gasteiger partial charge in [-0.3, -0.25) is 0 Å². The molecule has 0 aromatic carbocycles. The topological polar surface area (TPSA) is 12.0 Å². The molecule has 1 fully saturated rings. The first-order valence-electron chi connectivity index (χ1n) is 6.42. The van der Waals surface area contributed by atoms with Crippen molar-refractivity contribution in [2.24, 2.45) is 11.3 Å². The van der Waals surface area contributed by atoms with Gasteiger partial charge in [0.15, 0.2) is 0 Å². The number of nitrogens with one attached hydrogen (secondary N) is 1. The van der Waals surface area contributed by atoms with Crippen molar-refractivity contribution in [2.75, 3.05) is 6.54 Å². The highest BCUT2D eigenvalue weighted by molar-refractivity contribution is 7.10. The average molecular weight is 237 g/mol. The second kappa shape index (κ2) is 4.89. The molecule has 2 rings (SSSR count). The molecule has 16 heavy (non-hydrogen) atoms. The molecule has 1 aromatic rings. The maximum absolute atomic E-state index is 3.69. The lowest BCUT2D eigenvalue weighted by Gasteiger charge is -2.34. The first-order chi connectivity index (χ1) is 7.65. The van der Waals surface area contributed by atoms with Gasteiger partial charge in [0.25, 0.3) is 0 Å². The zero-order valence-corrected chi connectivity index (χ0v) is 11.4. The van der Waals surface area contributed by atoms with Gasteiger partial charge in [-0.05, 0) is 42.2 Å². The normalized spacial score (nSPS) is 25.8. The maximum atomic E-state index is 3.69. The van der Waals surface area contributed by atoms with Crippen LogP contribution in [0.2, 0.25) is 0 Å². The Morgan fingerprint density at radius 1 is 1.56 bits per heavy atom. The molecule has 0 saturated heterocycles.